The van der Waals surface area contributed by atoms with Gasteiger partial charge in [0.15, 0.2) is 0 Å². The second kappa shape index (κ2) is 6.05. The first-order valence-corrected chi connectivity index (χ1v) is 7.69. The summed E-state index contributed by atoms with van der Waals surface area (Å²) in [4.78, 5) is 12.3. The normalized spacial score (nSPS) is 10.3. The third kappa shape index (κ3) is 3.17. The molecule has 19 heavy (non-hydrogen) atoms. The van der Waals surface area contributed by atoms with Crippen LogP contribution in [0.3, 0.4) is 0 Å². The van der Waals surface area contributed by atoms with E-state index in [0.717, 1.165) is 24.9 Å². The molecule has 0 aromatic heterocycles. The van der Waals surface area contributed by atoms with Crippen LogP contribution >= 0.6 is 38.5 Å². The van der Waals surface area contributed by atoms with E-state index >= 15 is 0 Å². The molecule has 0 fully saturated rings. The number of anilines is 1. The molecule has 0 saturated carbocycles. The van der Waals surface area contributed by atoms with E-state index in [0.29, 0.717) is 5.56 Å². The van der Waals surface area contributed by atoms with Gasteiger partial charge in [-0.15, -0.1) is 0 Å². The fraction of sp³-hybridized carbons (Fsp3) is 0.133. The molecule has 98 valence electrons. The Bertz CT molecular complexity index is 640. The van der Waals surface area contributed by atoms with Gasteiger partial charge in [0, 0.05) is 8.04 Å². The monoisotopic (exact) mass is 429 g/mol. The molecule has 0 saturated heterocycles. The zero-order valence-electron chi connectivity index (χ0n) is 10.6. The van der Waals surface area contributed by atoms with Gasteiger partial charge in [0.25, 0.3) is 5.91 Å². The minimum absolute atomic E-state index is 0.0981. The predicted molar refractivity (Wildman–Crippen MR) is 90.7 cm³/mol. The molecule has 0 aliphatic heterocycles. The summed E-state index contributed by atoms with van der Waals surface area (Å²) in [5.74, 6) is -0.0981. The topological polar surface area (TPSA) is 29.1 Å². The summed E-state index contributed by atoms with van der Waals surface area (Å²) in [6.45, 7) is 4.00. The zero-order valence-corrected chi connectivity index (χ0v) is 14.4. The largest absolute Gasteiger partial charge is 0.321 e. The first kappa shape index (κ1) is 14.5. The quantitative estimate of drug-likeness (QED) is 0.674. The second-order valence-electron chi connectivity index (χ2n) is 4.33. The van der Waals surface area contributed by atoms with E-state index in [2.05, 4.69) is 43.8 Å². The van der Waals surface area contributed by atoms with E-state index in [9.17, 15) is 4.79 Å². The molecule has 2 aromatic rings. The van der Waals surface area contributed by atoms with Crippen LogP contribution in [0.15, 0.2) is 40.9 Å². The van der Waals surface area contributed by atoms with Gasteiger partial charge in [-0.3, -0.25) is 4.79 Å². The molecule has 0 heterocycles. The summed E-state index contributed by atoms with van der Waals surface area (Å²) in [7, 11) is 0. The Balaban J connectivity index is 2.31. The van der Waals surface area contributed by atoms with Gasteiger partial charge in [0.2, 0.25) is 0 Å². The fourth-order valence-electron chi connectivity index (χ4n) is 1.76. The number of halogens is 2. The summed E-state index contributed by atoms with van der Waals surface area (Å²) in [5, 5.41) is 2.96. The van der Waals surface area contributed by atoms with Gasteiger partial charge < -0.3 is 5.32 Å². The summed E-state index contributed by atoms with van der Waals surface area (Å²) >= 11 is 5.71. The smallest absolute Gasteiger partial charge is 0.256 e. The first-order chi connectivity index (χ1) is 9.00. The highest BCUT2D eigenvalue weighted by Crippen LogP contribution is 2.25. The summed E-state index contributed by atoms with van der Waals surface area (Å²) < 4.78 is 1.91. The lowest BCUT2D eigenvalue weighted by Gasteiger charge is -2.11. The van der Waals surface area contributed by atoms with Gasteiger partial charge in [0.1, 0.15) is 0 Å². The number of amides is 1. The van der Waals surface area contributed by atoms with Crippen LogP contribution in [0.5, 0.6) is 0 Å². The third-order valence-electron chi connectivity index (χ3n) is 2.88. The van der Waals surface area contributed by atoms with Crippen LogP contribution < -0.4 is 5.32 Å². The van der Waals surface area contributed by atoms with Crippen LogP contribution in [0, 0.1) is 17.4 Å². The van der Waals surface area contributed by atoms with Crippen LogP contribution in [-0.2, 0) is 0 Å². The average molecular weight is 430 g/mol. The molecule has 0 radical (unpaired) electrons. The summed E-state index contributed by atoms with van der Waals surface area (Å²) in [6.07, 6.45) is 0. The molecular formula is C15H13BrINO. The number of aryl methyl sites for hydroxylation is 2. The van der Waals surface area contributed by atoms with Gasteiger partial charge in [-0.05, 0) is 75.6 Å². The van der Waals surface area contributed by atoms with Gasteiger partial charge >= 0.3 is 0 Å². The third-order valence-corrected chi connectivity index (χ3v) is 5.36. The molecule has 0 bridgehead atoms. The van der Waals surface area contributed by atoms with Gasteiger partial charge in [-0.25, -0.2) is 0 Å². The van der Waals surface area contributed by atoms with Crippen molar-refractivity contribution in [2.45, 2.75) is 13.8 Å². The van der Waals surface area contributed by atoms with Crippen molar-refractivity contribution in [3.63, 3.8) is 0 Å². The molecule has 1 N–H and O–H groups in total. The van der Waals surface area contributed by atoms with Crippen molar-refractivity contribution in [3.8, 4) is 0 Å². The number of carbonyl (C=O) groups excluding carboxylic acids is 1. The maximum atomic E-state index is 12.3. The number of nitrogens with one attached hydrogen (secondary N) is 1. The van der Waals surface area contributed by atoms with Crippen LogP contribution in [0.2, 0.25) is 0 Å². The number of benzene rings is 2. The Hall–Kier alpha value is -0.880. The summed E-state index contributed by atoms with van der Waals surface area (Å²) in [5.41, 5.74) is 3.70. The first-order valence-electron chi connectivity index (χ1n) is 5.82. The zero-order chi connectivity index (χ0) is 14.0. The van der Waals surface area contributed by atoms with E-state index < -0.39 is 0 Å². The highest BCUT2D eigenvalue weighted by molar-refractivity contribution is 14.1. The minimum Gasteiger partial charge on any atom is -0.321 e. The molecule has 2 rings (SSSR count). The van der Waals surface area contributed by atoms with Crippen LogP contribution in [-0.4, -0.2) is 5.91 Å². The Morgan fingerprint density at radius 3 is 2.47 bits per heavy atom. The highest BCUT2D eigenvalue weighted by atomic mass is 127. The lowest BCUT2D eigenvalue weighted by atomic mass is 10.1. The molecule has 0 atom stereocenters. The van der Waals surface area contributed by atoms with Gasteiger partial charge in [0.05, 0.1) is 11.3 Å². The Kier molecular flexibility index (Phi) is 4.62. The Morgan fingerprint density at radius 1 is 1.11 bits per heavy atom. The predicted octanol–water partition coefficient (Wildman–Crippen LogP) is 4.92. The molecule has 2 nitrogen and oxygen atoms in total. The van der Waals surface area contributed by atoms with Crippen molar-refractivity contribution >= 4 is 50.1 Å². The maximum absolute atomic E-state index is 12.3. The van der Waals surface area contributed by atoms with Crippen LogP contribution in [0.1, 0.15) is 21.5 Å². The van der Waals surface area contributed by atoms with Crippen LogP contribution in [0.25, 0.3) is 0 Å². The van der Waals surface area contributed by atoms with Crippen molar-refractivity contribution in [2.75, 3.05) is 5.32 Å². The lowest BCUT2D eigenvalue weighted by molar-refractivity contribution is 0.102. The number of hydrogen-bond acceptors (Lipinski definition) is 1. The van der Waals surface area contributed by atoms with Crippen molar-refractivity contribution in [3.05, 3.63) is 61.1 Å². The van der Waals surface area contributed by atoms with Crippen molar-refractivity contribution < 1.29 is 4.79 Å². The Labute approximate surface area is 134 Å². The Morgan fingerprint density at radius 2 is 1.74 bits per heavy atom. The molecule has 0 unspecified atom stereocenters. The van der Waals surface area contributed by atoms with Gasteiger partial charge in [-0.2, -0.15) is 0 Å². The molecule has 0 aliphatic rings. The minimum atomic E-state index is -0.0981. The molecule has 1 amide bonds. The SMILES string of the molecule is Cc1cccc(C(=O)Nc2cccc(C)c2I)c1Br. The molecule has 0 spiro atoms. The number of hydrogen-bond donors (Lipinski definition) is 1. The van der Waals surface area contributed by atoms with Crippen molar-refractivity contribution in [1.82, 2.24) is 0 Å². The molecule has 2 aromatic carbocycles. The van der Waals surface area contributed by atoms with Crippen LogP contribution in [0.4, 0.5) is 5.69 Å². The second-order valence-corrected chi connectivity index (χ2v) is 6.20. The number of rotatable bonds is 2. The van der Waals surface area contributed by atoms with Crippen molar-refractivity contribution in [1.29, 1.82) is 0 Å². The van der Waals surface area contributed by atoms with E-state index in [1.807, 2.05) is 50.2 Å². The summed E-state index contributed by atoms with van der Waals surface area (Å²) in [6, 6.07) is 11.6. The standard InChI is InChI=1S/C15H13BrINO/c1-9-5-3-7-11(13(9)16)15(19)18-12-8-4-6-10(2)14(12)17/h3-8H,1-2H3,(H,18,19). The number of carbonyl (C=O) groups is 1. The average Bonchev–Trinajstić information content (AvgIpc) is 2.38. The van der Waals surface area contributed by atoms with E-state index in [-0.39, 0.29) is 5.91 Å². The molecule has 0 aliphatic carbocycles. The highest BCUT2D eigenvalue weighted by Gasteiger charge is 2.13. The molecule has 4 heteroatoms. The van der Waals surface area contributed by atoms with E-state index in [1.54, 1.807) is 0 Å². The van der Waals surface area contributed by atoms with Gasteiger partial charge in [-0.1, -0.05) is 24.3 Å². The molecular weight excluding hydrogens is 417 g/mol. The van der Waals surface area contributed by atoms with E-state index in [1.165, 1.54) is 0 Å². The fourth-order valence-corrected chi connectivity index (χ4v) is 2.70. The van der Waals surface area contributed by atoms with Crippen molar-refractivity contribution in [2.24, 2.45) is 0 Å². The maximum Gasteiger partial charge on any atom is 0.256 e. The van der Waals surface area contributed by atoms with E-state index in [4.69, 9.17) is 0 Å². The lowest BCUT2D eigenvalue weighted by Crippen LogP contribution is -2.14.